The van der Waals surface area contributed by atoms with E-state index in [1.807, 2.05) is 19.9 Å². The molecule has 0 bridgehead atoms. The van der Waals surface area contributed by atoms with Crippen molar-refractivity contribution < 1.29 is 19.1 Å². The zero-order chi connectivity index (χ0) is 16.2. The average Bonchev–Trinajstić information content (AvgIpc) is 2.56. The molecule has 22 heavy (non-hydrogen) atoms. The molecule has 0 spiro atoms. The number of aliphatic hydroxyl groups is 1. The normalized spacial score (nSPS) is 24.0. The Kier molecular flexibility index (Phi) is 4.65. The van der Waals surface area contributed by atoms with Gasteiger partial charge in [-0.2, -0.15) is 5.26 Å². The van der Waals surface area contributed by atoms with Crippen molar-refractivity contribution in [2.24, 2.45) is 0 Å². The van der Waals surface area contributed by atoms with E-state index >= 15 is 0 Å². The molecule has 0 aliphatic carbocycles. The number of ether oxygens (including phenoxy) is 1. The molecule has 5 nitrogen and oxygen atoms in total. The summed E-state index contributed by atoms with van der Waals surface area (Å²) in [7, 11) is 0. The van der Waals surface area contributed by atoms with E-state index in [4.69, 9.17) is 10.00 Å². The zero-order valence-corrected chi connectivity index (χ0v) is 13.0. The molecule has 1 fully saturated rings. The number of cyclic esters (lactones) is 1. The van der Waals surface area contributed by atoms with Gasteiger partial charge in [-0.25, -0.2) is 4.79 Å². The van der Waals surface area contributed by atoms with Crippen LogP contribution in [0.4, 0.5) is 0 Å². The molecule has 0 amide bonds. The largest absolute Gasteiger partial charge is 0.453 e. The van der Waals surface area contributed by atoms with Crippen LogP contribution < -0.4 is 0 Å². The van der Waals surface area contributed by atoms with Crippen LogP contribution in [-0.2, 0) is 9.53 Å². The molecule has 1 saturated heterocycles. The molecule has 5 heteroatoms. The van der Waals surface area contributed by atoms with E-state index in [0.717, 1.165) is 0 Å². The maximum atomic E-state index is 12.2. The topological polar surface area (TPSA) is 70.3 Å². The van der Waals surface area contributed by atoms with Crippen LogP contribution in [-0.4, -0.2) is 47.5 Å². The van der Waals surface area contributed by atoms with Gasteiger partial charge in [0.25, 0.3) is 0 Å². The lowest BCUT2D eigenvalue weighted by molar-refractivity contribution is -0.983. The van der Waals surface area contributed by atoms with Gasteiger partial charge in [0.1, 0.15) is 13.2 Å². The SMILES string of the molecule is CC[N+]1(CC)CCOC(=O)[C@]1(O)/C=C/c1ccccc1C#N. The molecule has 0 radical (unpaired) electrons. The van der Waals surface area contributed by atoms with Gasteiger partial charge < -0.3 is 9.84 Å². The second kappa shape index (κ2) is 6.30. The molecule has 1 aliphatic rings. The quantitative estimate of drug-likeness (QED) is 0.678. The monoisotopic (exact) mass is 301 g/mol. The highest BCUT2D eigenvalue weighted by atomic mass is 16.6. The number of carbonyl (C=O) groups is 1. The molecule has 1 N–H and O–H groups in total. The number of nitrogens with zero attached hydrogens (tertiary/aromatic N) is 2. The van der Waals surface area contributed by atoms with E-state index in [1.54, 1.807) is 24.3 Å². The molecule has 0 saturated carbocycles. The summed E-state index contributed by atoms with van der Waals surface area (Å²) in [5.74, 6) is -0.631. The van der Waals surface area contributed by atoms with E-state index in [9.17, 15) is 9.90 Å². The van der Waals surface area contributed by atoms with Gasteiger partial charge in [0.15, 0.2) is 0 Å². The van der Waals surface area contributed by atoms with Crippen molar-refractivity contribution in [1.29, 1.82) is 5.26 Å². The number of likely N-dealkylation sites (N-methyl/N-ethyl adjacent to an activating group) is 1. The Hall–Kier alpha value is -2.16. The third-order valence-corrected chi connectivity index (χ3v) is 4.56. The molecular weight excluding hydrogens is 280 g/mol. The smallest absolute Gasteiger partial charge is 0.402 e. The summed E-state index contributed by atoms with van der Waals surface area (Å²) in [5, 5.41) is 20.1. The van der Waals surface area contributed by atoms with Crippen molar-refractivity contribution in [3.63, 3.8) is 0 Å². The first-order valence-corrected chi connectivity index (χ1v) is 7.47. The summed E-state index contributed by atoms with van der Waals surface area (Å²) in [6, 6.07) is 9.16. The van der Waals surface area contributed by atoms with E-state index in [0.29, 0.717) is 37.4 Å². The number of nitriles is 1. The van der Waals surface area contributed by atoms with Crippen LogP contribution >= 0.6 is 0 Å². The number of esters is 1. The molecule has 1 aromatic carbocycles. The molecule has 2 rings (SSSR count). The van der Waals surface area contributed by atoms with Crippen molar-refractivity contribution in [2.45, 2.75) is 19.6 Å². The predicted molar refractivity (Wildman–Crippen MR) is 82.3 cm³/mol. The lowest BCUT2D eigenvalue weighted by Gasteiger charge is -2.48. The highest BCUT2D eigenvalue weighted by molar-refractivity contribution is 5.82. The maximum absolute atomic E-state index is 12.2. The maximum Gasteiger partial charge on any atom is 0.402 e. The van der Waals surface area contributed by atoms with E-state index in [1.165, 1.54) is 6.08 Å². The molecule has 116 valence electrons. The van der Waals surface area contributed by atoms with E-state index in [2.05, 4.69) is 6.07 Å². The summed E-state index contributed by atoms with van der Waals surface area (Å²) in [6.45, 7) is 6.01. The molecule has 0 aromatic heterocycles. The van der Waals surface area contributed by atoms with Crippen LogP contribution in [0.2, 0.25) is 0 Å². The third kappa shape index (κ3) is 2.52. The Morgan fingerprint density at radius 1 is 1.41 bits per heavy atom. The van der Waals surface area contributed by atoms with Gasteiger partial charge in [-0.05, 0) is 31.6 Å². The Labute approximate surface area is 130 Å². The first kappa shape index (κ1) is 16.2. The van der Waals surface area contributed by atoms with Crippen LogP contribution in [0.1, 0.15) is 25.0 Å². The Bertz CT molecular complexity index is 629. The predicted octanol–water partition coefficient (Wildman–Crippen LogP) is 1.67. The molecule has 1 aliphatic heterocycles. The number of hydrogen-bond acceptors (Lipinski definition) is 4. The highest BCUT2D eigenvalue weighted by Gasteiger charge is 2.56. The van der Waals surface area contributed by atoms with Crippen molar-refractivity contribution in [3.05, 3.63) is 41.5 Å². The van der Waals surface area contributed by atoms with Gasteiger partial charge in [0, 0.05) is 6.08 Å². The lowest BCUT2D eigenvalue weighted by Crippen LogP contribution is -2.71. The summed E-state index contributed by atoms with van der Waals surface area (Å²) in [4.78, 5) is 12.2. The number of benzene rings is 1. The minimum Gasteiger partial charge on any atom is -0.453 e. The third-order valence-electron chi connectivity index (χ3n) is 4.56. The van der Waals surface area contributed by atoms with Gasteiger partial charge in [-0.3, -0.25) is 4.48 Å². The van der Waals surface area contributed by atoms with Crippen LogP contribution in [0.15, 0.2) is 30.3 Å². The number of carbonyl (C=O) groups excluding carboxylic acids is 1. The molecular formula is C17H21N2O3+. The summed E-state index contributed by atoms with van der Waals surface area (Å²) < 4.78 is 5.31. The Morgan fingerprint density at radius 3 is 2.73 bits per heavy atom. The van der Waals surface area contributed by atoms with Gasteiger partial charge in [0.2, 0.25) is 0 Å². The standard InChI is InChI=1S/C17H21N2O3/c1-3-19(4-2)11-12-22-16(20)17(19,21)10-9-14-7-5-6-8-15(14)13-18/h5-10,21H,3-4,11-12H2,1-2H3/q+1/b10-9+/t17-/m1/s1. The first-order valence-electron chi connectivity index (χ1n) is 7.47. The summed E-state index contributed by atoms with van der Waals surface area (Å²) >= 11 is 0. The summed E-state index contributed by atoms with van der Waals surface area (Å²) in [5.41, 5.74) is -0.552. The molecule has 0 unspecified atom stereocenters. The highest BCUT2D eigenvalue weighted by Crippen LogP contribution is 2.30. The van der Waals surface area contributed by atoms with Gasteiger partial charge in [0.05, 0.1) is 24.7 Å². The van der Waals surface area contributed by atoms with E-state index < -0.39 is 11.7 Å². The number of hydrogen-bond donors (Lipinski definition) is 1. The Balaban J connectivity index is 2.45. The summed E-state index contributed by atoms with van der Waals surface area (Å²) in [6.07, 6.45) is 3.10. The van der Waals surface area contributed by atoms with Gasteiger partial charge >= 0.3 is 11.7 Å². The van der Waals surface area contributed by atoms with Gasteiger partial charge in [-0.15, -0.1) is 0 Å². The fraction of sp³-hybridized carbons (Fsp3) is 0.412. The van der Waals surface area contributed by atoms with Crippen LogP contribution in [0.25, 0.3) is 6.08 Å². The number of morpholine rings is 1. The average molecular weight is 301 g/mol. The van der Waals surface area contributed by atoms with Crippen molar-refractivity contribution >= 4 is 12.0 Å². The van der Waals surface area contributed by atoms with Crippen LogP contribution in [0, 0.1) is 11.3 Å². The number of rotatable bonds is 4. The van der Waals surface area contributed by atoms with Crippen molar-refractivity contribution in [3.8, 4) is 6.07 Å². The number of quaternary nitrogens is 1. The zero-order valence-electron chi connectivity index (χ0n) is 13.0. The molecule has 1 heterocycles. The van der Waals surface area contributed by atoms with Crippen LogP contribution in [0.5, 0.6) is 0 Å². The fourth-order valence-corrected chi connectivity index (χ4v) is 2.98. The van der Waals surface area contributed by atoms with E-state index in [-0.39, 0.29) is 4.48 Å². The molecule has 1 atom stereocenters. The van der Waals surface area contributed by atoms with Crippen molar-refractivity contribution in [2.75, 3.05) is 26.2 Å². The van der Waals surface area contributed by atoms with Crippen LogP contribution in [0.3, 0.4) is 0 Å². The second-order valence-electron chi connectivity index (χ2n) is 5.40. The fourth-order valence-electron chi connectivity index (χ4n) is 2.98. The molecule has 1 aromatic rings. The lowest BCUT2D eigenvalue weighted by atomic mass is 10.0. The second-order valence-corrected chi connectivity index (χ2v) is 5.40. The van der Waals surface area contributed by atoms with Gasteiger partial charge in [-0.1, -0.05) is 18.2 Å². The first-order chi connectivity index (χ1) is 10.5. The van der Waals surface area contributed by atoms with Crippen molar-refractivity contribution in [1.82, 2.24) is 0 Å². The minimum atomic E-state index is -1.72. The minimum absolute atomic E-state index is 0.233. The Morgan fingerprint density at radius 2 is 2.09 bits per heavy atom.